The summed E-state index contributed by atoms with van der Waals surface area (Å²) in [5.41, 5.74) is 0. The van der Waals surface area contributed by atoms with E-state index in [9.17, 15) is 0 Å². The maximum atomic E-state index is 6.49. The molecule has 0 amide bonds. The van der Waals surface area contributed by atoms with Gasteiger partial charge in [0.05, 0.1) is 7.11 Å². The smallest absolute Gasteiger partial charge is 0.127 e. The van der Waals surface area contributed by atoms with E-state index >= 15 is 0 Å². The zero-order valence-electron chi connectivity index (χ0n) is 14.5. The number of methoxy groups -OCH3 is 1. The van der Waals surface area contributed by atoms with E-state index in [1.807, 2.05) is 24.3 Å². The summed E-state index contributed by atoms with van der Waals surface area (Å²) in [6.07, 6.45) is 0. The first-order valence-corrected chi connectivity index (χ1v) is 11.3. The van der Waals surface area contributed by atoms with E-state index in [4.69, 9.17) is 16.5 Å². The fourth-order valence-corrected chi connectivity index (χ4v) is 7.50. The zero-order valence-corrected chi connectivity index (χ0v) is 16.2. The first kappa shape index (κ1) is 17.0. The predicted molar refractivity (Wildman–Crippen MR) is 117 cm³/mol. The highest BCUT2D eigenvalue weighted by molar-refractivity contribution is 8.25. The highest BCUT2D eigenvalue weighted by Crippen LogP contribution is 2.46. The van der Waals surface area contributed by atoms with E-state index in [2.05, 4.69) is 72.8 Å². The quantitative estimate of drug-likeness (QED) is 0.483. The van der Waals surface area contributed by atoms with E-state index in [1.165, 1.54) is 15.9 Å². The Labute approximate surface area is 159 Å². The fraction of sp³-hybridized carbons (Fsp3) is 0.0435. The molecule has 0 aliphatic carbocycles. The summed E-state index contributed by atoms with van der Waals surface area (Å²) < 4.78 is 5.71. The molecule has 0 fully saturated rings. The molecule has 0 saturated heterocycles. The molecule has 0 aliphatic heterocycles. The van der Waals surface area contributed by atoms with Gasteiger partial charge in [-0.3, -0.25) is 0 Å². The van der Waals surface area contributed by atoms with Crippen LogP contribution in [0.4, 0.5) is 0 Å². The molecule has 0 spiro atoms. The molecule has 128 valence electrons. The molecule has 4 aromatic carbocycles. The molecule has 26 heavy (non-hydrogen) atoms. The molecule has 4 rings (SSSR count). The average molecular weight is 374 g/mol. The molecule has 0 radical (unpaired) electrons. The van der Waals surface area contributed by atoms with Gasteiger partial charge in [0.25, 0.3) is 0 Å². The summed E-state index contributed by atoms with van der Waals surface area (Å²) >= 11 is 6.49. The lowest BCUT2D eigenvalue weighted by atomic mass is 10.1. The van der Waals surface area contributed by atoms with Crippen LogP contribution < -0.4 is 20.7 Å². The SMILES string of the molecule is COc1cccc2cccc(P(=S)(c3ccccc3)c3ccccc3)c12. The molecule has 0 unspecified atom stereocenters. The molecule has 3 heteroatoms. The van der Waals surface area contributed by atoms with E-state index in [1.54, 1.807) is 7.11 Å². The van der Waals surface area contributed by atoms with E-state index in [0.29, 0.717) is 0 Å². The van der Waals surface area contributed by atoms with Crippen LogP contribution in [0.3, 0.4) is 0 Å². The number of hydrogen-bond acceptors (Lipinski definition) is 2. The second-order valence-corrected chi connectivity index (χ2v) is 10.5. The van der Waals surface area contributed by atoms with Crippen molar-refractivity contribution in [2.24, 2.45) is 0 Å². The second-order valence-electron chi connectivity index (χ2n) is 6.12. The van der Waals surface area contributed by atoms with Crippen LogP contribution in [0.2, 0.25) is 0 Å². The first-order chi connectivity index (χ1) is 12.7. The van der Waals surface area contributed by atoms with E-state index in [0.717, 1.165) is 16.5 Å². The predicted octanol–water partition coefficient (Wildman–Crippen LogP) is 4.60. The van der Waals surface area contributed by atoms with Gasteiger partial charge in [-0.2, -0.15) is 0 Å². The van der Waals surface area contributed by atoms with E-state index in [-0.39, 0.29) is 0 Å². The van der Waals surface area contributed by atoms with Crippen molar-refractivity contribution in [2.45, 2.75) is 0 Å². The van der Waals surface area contributed by atoms with Crippen molar-refractivity contribution in [1.82, 2.24) is 0 Å². The third kappa shape index (κ3) is 2.76. The average Bonchev–Trinajstić information content (AvgIpc) is 2.73. The van der Waals surface area contributed by atoms with E-state index < -0.39 is 6.04 Å². The van der Waals surface area contributed by atoms with Crippen LogP contribution in [-0.4, -0.2) is 7.11 Å². The van der Waals surface area contributed by atoms with Gasteiger partial charge in [0.1, 0.15) is 5.75 Å². The number of fused-ring (bicyclic) bond motifs is 1. The maximum absolute atomic E-state index is 6.49. The number of ether oxygens (including phenoxy) is 1. The lowest BCUT2D eigenvalue weighted by Crippen LogP contribution is -2.25. The van der Waals surface area contributed by atoms with Gasteiger partial charge in [-0.1, -0.05) is 103 Å². The summed E-state index contributed by atoms with van der Waals surface area (Å²) in [4.78, 5) is 0. The van der Waals surface area contributed by atoms with Crippen LogP contribution >= 0.6 is 6.04 Å². The zero-order chi connectivity index (χ0) is 18.0. The lowest BCUT2D eigenvalue weighted by Gasteiger charge is -2.26. The summed E-state index contributed by atoms with van der Waals surface area (Å²) in [5, 5.41) is 5.84. The van der Waals surface area contributed by atoms with Crippen molar-refractivity contribution in [3.63, 3.8) is 0 Å². The minimum Gasteiger partial charge on any atom is -0.496 e. The van der Waals surface area contributed by atoms with Gasteiger partial charge in [-0.05, 0) is 22.1 Å². The third-order valence-corrected chi connectivity index (χ3v) is 9.60. The van der Waals surface area contributed by atoms with Crippen LogP contribution in [0, 0.1) is 0 Å². The second kappa shape index (κ2) is 7.07. The summed E-state index contributed by atoms with van der Waals surface area (Å²) in [6.45, 7) is 0. The first-order valence-electron chi connectivity index (χ1n) is 8.53. The third-order valence-electron chi connectivity index (χ3n) is 4.64. The van der Waals surface area contributed by atoms with Gasteiger partial charge < -0.3 is 4.74 Å². The number of rotatable bonds is 4. The highest BCUT2D eigenvalue weighted by atomic mass is 32.4. The molecule has 0 heterocycles. The van der Waals surface area contributed by atoms with Crippen LogP contribution in [0.25, 0.3) is 10.8 Å². The fourth-order valence-electron chi connectivity index (χ4n) is 3.42. The summed E-state index contributed by atoms with van der Waals surface area (Å²) in [6, 6.07) is 31.3. The van der Waals surface area contributed by atoms with Crippen molar-refractivity contribution in [1.29, 1.82) is 0 Å². The van der Waals surface area contributed by atoms with Gasteiger partial charge in [0.2, 0.25) is 0 Å². The van der Waals surface area contributed by atoms with Crippen LogP contribution in [0.15, 0.2) is 97.1 Å². The van der Waals surface area contributed by atoms with Crippen molar-refractivity contribution >= 4 is 44.5 Å². The molecular weight excluding hydrogens is 355 g/mol. The monoisotopic (exact) mass is 374 g/mol. The Bertz CT molecular complexity index is 1040. The Kier molecular flexibility index (Phi) is 4.63. The highest BCUT2D eigenvalue weighted by Gasteiger charge is 2.27. The molecular formula is C23H19OPS. The molecule has 0 atom stereocenters. The van der Waals surface area contributed by atoms with Crippen LogP contribution in [0.1, 0.15) is 0 Å². The Morgan fingerprint density at radius 3 is 1.73 bits per heavy atom. The Morgan fingerprint density at radius 2 is 1.19 bits per heavy atom. The van der Waals surface area contributed by atoms with Crippen molar-refractivity contribution in [3.8, 4) is 5.75 Å². The molecule has 0 N–H and O–H groups in total. The van der Waals surface area contributed by atoms with Crippen molar-refractivity contribution < 1.29 is 4.74 Å². The Hall–Kier alpha value is -2.41. The standard InChI is InChI=1S/C23H19OPS/c1-24-21-16-8-10-18-11-9-17-22(23(18)21)25(26,19-12-4-2-5-13-19)20-14-6-3-7-15-20/h2-17H,1H3. The van der Waals surface area contributed by atoms with Crippen molar-refractivity contribution in [3.05, 3.63) is 97.1 Å². The van der Waals surface area contributed by atoms with Gasteiger partial charge in [0, 0.05) is 16.7 Å². The summed E-state index contributed by atoms with van der Waals surface area (Å²) in [7, 11) is 1.72. The Morgan fingerprint density at radius 1 is 0.654 bits per heavy atom. The molecule has 0 bridgehead atoms. The van der Waals surface area contributed by atoms with Gasteiger partial charge in [-0.15, -0.1) is 0 Å². The molecule has 0 aliphatic rings. The number of hydrogen-bond donors (Lipinski definition) is 0. The Balaban J connectivity index is 2.13. The minimum absolute atomic E-state index is 0.874. The van der Waals surface area contributed by atoms with Gasteiger partial charge >= 0.3 is 0 Å². The topological polar surface area (TPSA) is 9.23 Å². The van der Waals surface area contributed by atoms with Gasteiger partial charge in [0.15, 0.2) is 0 Å². The molecule has 0 aromatic heterocycles. The lowest BCUT2D eigenvalue weighted by molar-refractivity contribution is 0.420. The van der Waals surface area contributed by atoms with Crippen LogP contribution in [0.5, 0.6) is 5.75 Å². The molecule has 4 aromatic rings. The van der Waals surface area contributed by atoms with Crippen LogP contribution in [-0.2, 0) is 11.8 Å². The minimum atomic E-state index is -2.21. The normalized spacial score (nSPS) is 11.4. The number of benzene rings is 4. The van der Waals surface area contributed by atoms with Gasteiger partial charge in [-0.25, -0.2) is 0 Å². The van der Waals surface area contributed by atoms with Crippen molar-refractivity contribution in [2.75, 3.05) is 7.11 Å². The maximum Gasteiger partial charge on any atom is 0.127 e. The largest absolute Gasteiger partial charge is 0.496 e. The summed E-state index contributed by atoms with van der Waals surface area (Å²) in [5.74, 6) is 0.874. The molecule has 0 saturated carbocycles. The molecule has 1 nitrogen and oxygen atoms in total.